The van der Waals surface area contributed by atoms with Crippen LogP contribution in [-0.2, 0) is 0 Å². The number of hydrogen-bond acceptors (Lipinski definition) is 6. The van der Waals surface area contributed by atoms with E-state index >= 15 is 0 Å². The molecular formula is C18H18O6. The molecule has 0 aromatic heterocycles. The van der Waals surface area contributed by atoms with Crippen LogP contribution in [0.3, 0.4) is 0 Å². The molecule has 2 heterocycles. The molecule has 2 aliphatic heterocycles. The summed E-state index contributed by atoms with van der Waals surface area (Å²) in [4.78, 5) is 0. The van der Waals surface area contributed by atoms with Crippen LogP contribution in [0.1, 0.15) is 24.0 Å². The number of fused-ring (bicyclic) bond motifs is 2. The lowest BCUT2D eigenvalue weighted by Gasteiger charge is -2.18. The first-order valence-electron chi connectivity index (χ1n) is 7.83. The molecule has 1 unspecified atom stereocenters. The normalized spacial score (nSPS) is 15.4. The van der Waals surface area contributed by atoms with Crippen LogP contribution in [0.2, 0.25) is 0 Å². The molecule has 1 atom stereocenters. The van der Waals surface area contributed by atoms with E-state index in [-0.39, 0.29) is 32.7 Å². The SMILES string of the molecule is CC(c1ccc2c(c1)OCO2)c1cc2c(cc1OCCO)OCO2. The predicted octanol–water partition coefficient (Wildman–Crippen LogP) is 2.67. The summed E-state index contributed by atoms with van der Waals surface area (Å²) in [6.45, 7) is 2.71. The number of ether oxygens (including phenoxy) is 5. The molecular weight excluding hydrogens is 312 g/mol. The lowest BCUT2D eigenvalue weighted by Crippen LogP contribution is -2.06. The second kappa shape index (κ2) is 6.13. The smallest absolute Gasteiger partial charge is 0.231 e. The predicted molar refractivity (Wildman–Crippen MR) is 85.2 cm³/mol. The minimum Gasteiger partial charge on any atom is -0.491 e. The van der Waals surface area contributed by atoms with Gasteiger partial charge in [-0.25, -0.2) is 0 Å². The molecule has 126 valence electrons. The van der Waals surface area contributed by atoms with Gasteiger partial charge in [-0.3, -0.25) is 0 Å². The van der Waals surface area contributed by atoms with Gasteiger partial charge in [0.05, 0.1) is 6.61 Å². The van der Waals surface area contributed by atoms with Gasteiger partial charge < -0.3 is 28.8 Å². The van der Waals surface area contributed by atoms with E-state index in [1.165, 1.54) is 0 Å². The zero-order chi connectivity index (χ0) is 16.5. The van der Waals surface area contributed by atoms with Crippen molar-refractivity contribution in [3.05, 3.63) is 41.5 Å². The van der Waals surface area contributed by atoms with Crippen molar-refractivity contribution in [3.63, 3.8) is 0 Å². The Labute approximate surface area is 139 Å². The van der Waals surface area contributed by atoms with Crippen molar-refractivity contribution in [3.8, 4) is 28.7 Å². The number of rotatable bonds is 5. The van der Waals surface area contributed by atoms with E-state index in [2.05, 4.69) is 6.92 Å². The summed E-state index contributed by atoms with van der Waals surface area (Å²) in [5, 5.41) is 9.06. The average molecular weight is 330 g/mol. The third-order valence-electron chi connectivity index (χ3n) is 4.22. The molecule has 6 heteroatoms. The lowest BCUT2D eigenvalue weighted by atomic mass is 9.91. The van der Waals surface area contributed by atoms with Crippen molar-refractivity contribution in [2.24, 2.45) is 0 Å². The Bertz CT molecular complexity index is 757. The molecule has 6 nitrogen and oxygen atoms in total. The van der Waals surface area contributed by atoms with E-state index in [1.54, 1.807) is 0 Å². The van der Waals surface area contributed by atoms with E-state index in [1.807, 2.05) is 30.3 Å². The fourth-order valence-electron chi connectivity index (χ4n) is 2.92. The molecule has 0 fully saturated rings. The fraction of sp³-hybridized carbons (Fsp3) is 0.333. The highest BCUT2D eigenvalue weighted by Gasteiger charge is 2.23. The number of aliphatic hydroxyl groups excluding tert-OH is 1. The Morgan fingerprint density at radius 1 is 0.958 bits per heavy atom. The molecule has 1 N–H and O–H groups in total. The van der Waals surface area contributed by atoms with Gasteiger partial charge in [0, 0.05) is 17.5 Å². The molecule has 0 saturated carbocycles. The lowest BCUT2D eigenvalue weighted by molar-refractivity contribution is 0.173. The van der Waals surface area contributed by atoms with Gasteiger partial charge in [-0.1, -0.05) is 13.0 Å². The Balaban J connectivity index is 1.71. The van der Waals surface area contributed by atoms with E-state index in [4.69, 9.17) is 28.8 Å². The third kappa shape index (κ3) is 2.59. The average Bonchev–Trinajstić information content (AvgIpc) is 3.25. The van der Waals surface area contributed by atoms with Gasteiger partial charge in [0.2, 0.25) is 13.6 Å². The van der Waals surface area contributed by atoms with E-state index in [0.717, 1.165) is 22.6 Å². The van der Waals surface area contributed by atoms with Crippen molar-refractivity contribution in [1.29, 1.82) is 0 Å². The van der Waals surface area contributed by atoms with Crippen molar-refractivity contribution >= 4 is 0 Å². The van der Waals surface area contributed by atoms with Gasteiger partial charge in [0.1, 0.15) is 12.4 Å². The van der Waals surface area contributed by atoms with Gasteiger partial charge in [-0.05, 0) is 23.8 Å². The first-order chi connectivity index (χ1) is 11.8. The molecule has 0 radical (unpaired) electrons. The van der Waals surface area contributed by atoms with E-state index in [9.17, 15) is 0 Å². The maximum atomic E-state index is 9.06. The fourth-order valence-corrected chi connectivity index (χ4v) is 2.92. The molecule has 0 spiro atoms. The Hall–Kier alpha value is -2.60. The van der Waals surface area contributed by atoms with Gasteiger partial charge >= 0.3 is 0 Å². The molecule has 0 aliphatic carbocycles. The van der Waals surface area contributed by atoms with Crippen molar-refractivity contribution in [1.82, 2.24) is 0 Å². The molecule has 0 amide bonds. The van der Waals surface area contributed by atoms with Crippen LogP contribution in [0.5, 0.6) is 28.7 Å². The van der Waals surface area contributed by atoms with Crippen molar-refractivity contribution in [2.75, 3.05) is 26.8 Å². The number of benzene rings is 2. The summed E-state index contributed by atoms with van der Waals surface area (Å²) in [5.41, 5.74) is 2.04. The Morgan fingerprint density at radius 3 is 2.38 bits per heavy atom. The van der Waals surface area contributed by atoms with Crippen LogP contribution in [0, 0.1) is 0 Å². The molecule has 24 heavy (non-hydrogen) atoms. The second-order valence-corrected chi connectivity index (χ2v) is 5.65. The highest BCUT2D eigenvalue weighted by Crippen LogP contribution is 2.44. The zero-order valence-corrected chi connectivity index (χ0v) is 13.3. The van der Waals surface area contributed by atoms with Gasteiger partial charge in [0.15, 0.2) is 23.0 Å². The van der Waals surface area contributed by atoms with Crippen LogP contribution in [0.4, 0.5) is 0 Å². The summed E-state index contributed by atoms with van der Waals surface area (Å²) >= 11 is 0. The van der Waals surface area contributed by atoms with Crippen LogP contribution in [0.25, 0.3) is 0 Å². The summed E-state index contributed by atoms with van der Waals surface area (Å²) in [6, 6.07) is 9.66. The van der Waals surface area contributed by atoms with Gasteiger partial charge in [-0.15, -0.1) is 0 Å². The monoisotopic (exact) mass is 330 g/mol. The Morgan fingerprint density at radius 2 is 1.62 bits per heavy atom. The van der Waals surface area contributed by atoms with Crippen LogP contribution < -0.4 is 23.7 Å². The van der Waals surface area contributed by atoms with Crippen LogP contribution in [0.15, 0.2) is 30.3 Å². The Kier molecular flexibility index (Phi) is 3.82. The molecule has 2 aromatic carbocycles. The number of hydrogen-bond donors (Lipinski definition) is 1. The summed E-state index contributed by atoms with van der Waals surface area (Å²) in [5.74, 6) is 3.59. The first-order valence-corrected chi connectivity index (χ1v) is 7.83. The van der Waals surface area contributed by atoms with Gasteiger partial charge in [-0.2, -0.15) is 0 Å². The second-order valence-electron chi connectivity index (χ2n) is 5.65. The first kappa shape index (κ1) is 15.0. The minimum absolute atomic E-state index is 0.0442. The van der Waals surface area contributed by atoms with Gasteiger partial charge in [0.25, 0.3) is 0 Å². The molecule has 2 aromatic rings. The molecule has 0 saturated heterocycles. The van der Waals surface area contributed by atoms with E-state index < -0.39 is 0 Å². The van der Waals surface area contributed by atoms with Crippen molar-refractivity contribution in [2.45, 2.75) is 12.8 Å². The molecule has 2 aliphatic rings. The highest BCUT2D eigenvalue weighted by molar-refractivity contribution is 5.56. The zero-order valence-electron chi connectivity index (χ0n) is 13.3. The quantitative estimate of drug-likeness (QED) is 0.909. The number of aliphatic hydroxyl groups is 1. The maximum absolute atomic E-state index is 9.06. The summed E-state index contributed by atoms with van der Waals surface area (Å²) in [7, 11) is 0. The largest absolute Gasteiger partial charge is 0.491 e. The van der Waals surface area contributed by atoms with Crippen LogP contribution in [-0.4, -0.2) is 31.9 Å². The van der Waals surface area contributed by atoms with Crippen molar-refractivity contribution < 1.29 is 28.8 Å². The topological polar surface area (TPSA) is 66.4 Å². The summed E-state index contributed by atoms with van der Waals surface area (Å²) in [6.07, 6.45) is 0. The maximum Gasteiger partial charge on any atom is 0.231 e. The third-order valence-corrected chi connectivity index (χ3v) is 4.22. The molecule has 4 rings (SSSR count). The summed E-state index contributed by atoms with van der Waals surface area (Å²) < 4.78 is 27.4. The minimum atomic E-state index is -0.0493. The molecule has 0 bridgehead atoms. The highest BCUT2D eigenvalue weighted by atomic mass is 16.7. The van der Waals surface area contributed by atoms with E-state index in [0.29, 0.717) is 17.2 Å². The van der Waals surface area contributed by atoms with Crippen LogP contribution >= 0.6 is 0 Å². The standard InChI is InChI=1S/C18H18O6/c1-11(12-2-3-14-16(6-12)22-9-21-14)13-7-17-18(24-10-23-17)8-15(13)20-5-4-19/h2-3,6-8,11,19H,4-5,9-10H2,1H3.